The number of rotatable bonds is 4. The van der Waals surface area contributed by atoms with E-state index in [1.165, 1.54) is 32.2 Å². The first-order valence-corrected chi connectivity index (χ1v) is 8.04. The number of esters is 2. The normalized spacial score (nSPS) is 16.0. The van der Waals surface area contributed by atoms with Crippen LogP contribution in [0.25, 0.3) is 11.3 Å². The summed E-state index contributed by atoms with van der Waals surface area (Å²) in [5, 5.41) is 2.81. The Hall–Kier alpha value is -3.29. The van der Waals surface area contributed by atoms with E-state index in [0.717, 1.165) is 0 Å². The van der Waals surface area contributed by atoms with Crippen LogP contribution in [0.1, 0.15) is 26.0 Å². The number of nitrogens with one attached hydrogen (secondary N) is 1. The molecule has 2 heterocycles. The minimum Gasteiger partial charge on any atom is -0.419 e. The van der Waals surface area contributed by atoms with Gasteiger partial charge in [-0.05, 0) is 24.3 Å². The zero-order valence-electron chi connectivity index (χ0n) is 14.5. The summed E-state index contributed by atoms with van der Waals surface area (Å²) < 4.78 is 35.5. The molecule has 140 valence electrons. The van der Waals surface area contributed by atoms with Gasteiger partial charge in [-0.25, -0.2) is 23.4 Å². The van der Waals surface area contributed by atoms with Gasteiger partial charge in [0, 0.05) is 31.3 Å². The average molecular weight is 374 g/mol. The summed E-state index contributed by atoms with van der Waals surface area (Å²) in [6.45, 7) is 2.92. The molecule has 8 heteroatoms. The maximum absolute atomic E-state index is 12.8. The van der Waals surface area contributed by atoms with Crippen molar-refractivity contribution < 1.29 is 27.8 Å². The molecular formula is C19H16F2N2O4. The standard InChI is InChI=1S/C19H16F2N2O4/c1-19(2)26-17(24)13(18(25)27-19)10-22-12-8-6-11(7-9-12)14-4-3-5-15(23-14)16(20)21/h3-10,16,22H,1-2H3. The highest BCUT2D eigenvalue weighted by Gasteiger charge is 2.38. The number of benzene rings is 1. The van der Waals surface area contributed by atoms with Crippen LogP contribution in [0.5, 0.6) is 0 Å². The van der Waals surface area contributed by atoms with Gasteiger partial charge >= 0.3 is 11.9 Å². The Morgan fingerprint density at radius 3 is 2.26 bits per heavy atom. The molecule has 3 rings (SSSR count). The number of halogens is 2. The zero-order valence-corrected chi connectivity index (χ0v) is 14.5. The van der Waals surface area contributed by atoms with E-state index in [2.05, 4.69) is 10.3 Å². The monoisotopic (exact) mass is 374 g/mol. The number of nitrogens with zero attached hydrogens (tertiary/aromatic N) is 1. The van der Waals surface area contributed by atoms with E-state index >= 15 is 0 Å². The summed E-state index contributed by atoms with van der Waals surface area (Å²) in [6.07, 6.45) is -1.44. The summed E-state index contributed by atoms with van der Waals surface area (Å²) in [5.41, 5.74) is 1.08. The fourth-order valence-corrected chi connectivity index (χ4v) is 2.40. The van der Waals surface area contributed by atoms with Crippen LogP contribution in [-0.2, 0) is 19.1 Å². The topological polar surface area (TPSA) is 77.5 Å². The van der Waals surface area contributed by atoms with Crippen LogP contribution in [0.15, 0.2) is 54.2 Å². The predicted octanol–water partition coefficient (Wildman–Crippen LogP) is 3.82. The Morgan fingerprint density at radius 2 is 1.67 bits per heavy atom. The van der Waals surface area contributed by atoms with Gasteiger partial charge in [-0.3, -0.25) is 0 Å². The number of pyridine rings is 1. The third-order valence-electron chi connectivity index (χ3n) is 3.67. The Morgan fingerprint density at radius 1 is 1.04 bits per heavy atom. The molecule has 0 atom stereocenters. The Kier molecular flexibility index (Phi) is 4.89. The van der Waals surface area contributed by atoms with Gasteiger partial charge in [-0.15, -0.1) is 0 Å². The van der Waals surface area contributed by atoms with E-state index in [0.29, 0.717) is 16.9 Å². The minimum absolute atomic E-state index is 0.260. The highest BCUT2D eigenvalue weighted by molar-refractivity contribution is 6.15. The summed E-state index contributed by atoms with van der Waals surface area (Å²) in [6, 6.07) is 11.1. The summed E-state index contributed by atoms with van der Waals surface area (Å²) in [4.78, 5) is 27.7. The fraction of sp³-hybridized carbons (Fsp3) is 0.211. The molecule has 6 nitrogen and oxygen atoms in total. The quantitative estimate of drug-likeness (QED) is 0.498. The number of aromatic nitrogens is 1. The number of hydrogen-bond donors (Lipinski definition) is 1. The second kappa shape index (κ2) is 7.14. The lowest BCUT2D eigenvalue weighted by atomic mass is 10.1. The number of ether oxygens (including phenoxy) is 2. The van der Waals surface area contributed by atoms with E-state index in [1.54, 1.807) is 30.3 Å². The van der Waals surface area contributed by atoms with E-state index in [9.17, 15) is 18.4 Å². The number of anilines is 1. The van der Waals surface area contributed by atoms with Crippen molar-refractivity contribution in [2.45, 2.75) is 26.1 Å². The van der Waals surface area contributed by atoms with Gasteiger partial charge in [0.2, 0.25) is 0 Å². The summed E-state index contributed by atoms with van der Waals surface area (Å²) in [5.74, 6) is -2.87. The van der Waals surface area contributed by atoms with Gasteiger partial charge in [0.05, 0.1) is 5.69 Å². The molecule has 1 saturated heterocycles. The lowest BCUT2D eigenvalue weighted by Gasteiger charge is -2.29. The van der Waals surface area contributed by atoms with Crippen molar-refractivity contribution in [3.8, 4) is 11.3 Å². The zero-order chi connectivity index (χ0) is 19.6. The average Bonchev–Trinajstić information content (AvgIpc) is 2.60. The molecule has 1 aromatic heterocycles. The third kappa shape index (κ3) is 4.28. The summed E-state index contributed by atoms with van der Waals surface area (Å²) >= 11 is 0. The van der Waals surface area contributed by atoms with Crippen molar-refractivity contribution >= 4 is 17.6 Å². The second-order valence-corrected chi connectivity index (χ2v) is 6.21. The first kappa shape index (κ1) is 18.5. The first-order valence-electron chi connectivity index (χ1n) is 8.04. The van der Waals surface area contributed by atoms with Crippen LogP contribution in [0, 0.1) is 0 Å². The van der Waals surface area contributed by atoms with Crippen molar-refractivity contribution in [3.05, 3.63) is 59.9 Å². The molecule has 1 aliphatic rings. The lowest BCUT2D eigenvalue weighted by Crippen LogP contribution is -2.42. The summed E-state index contributed by atoms with van der Waals surface area (Å²) in [7, 11) is 0. The van der Waals surface area contributed by atoms with Crippen molar-refractivity contribution in [1.82, 2.24) is 4.98 Å². The predicted molar refractivity (Wildman–Crippen MR) is 92.6 cm³/mol. The number of hydrogen-bond acceptors (Lipinski definition) is 6. The fourth-order valence-electron chi connectivity index (χ4n) is 2.40. The molecule has 0 radical (unpaired) electrons. The molecule has 1 aromatic carbocycles. The third-order valence-corrected chi connectivity index (χ3v) is 3.67. The number of alkyl halides is 2. The van der Waals surface area contributed by atoms with Gasteiger partial charge in [-0.2, -0.15) is 0 Å². The SMILES string of the molecule is CC1(C)OC(=O)C(=CNc2ccc(-c3cccc(C(F)F)n3)cc2)C(=O)O1. The van der Waals surface area contributed by atoms with E-state index in [4.69, 9.17) is 9.47 Å². The molecule has 1 aliphatic heterocycles. The van der Waals surface area contributed by atoms with Crippen molar-refractivity contribution in [3.63, 3.8) is 0 Å². The Balaban J connectivity index is 1.74. The lowest BCUT2D eigenvalue weighted by molar-refractivity contribution is -0.222. The highest BCUT2D eigenvalue weighted by Crippen LogP contribution is 2.25. The van der Waals surface area contributed by atoms with E-state index < -0.39 is 24.2 Å². The van der Waals surface area contributed by atoms with Gasteiger partial charge < -0.3 is 14.8 Å². The van der Waals surface area contributed by atoms with Crippen LogP contribution < -0.4 is 5.32 Å². The van der Waals surface area contributed by atoms with E-state index in [-0.39, 0.29) is 11.3 Å². The molecule has 1 N–H and O–H groups in total. The van der Waals surface area contributed by atoms with Gasteiger partial charge in [0.25, 0.3) is 12.2 Å². The van der Waals surface area contributed by atoms with Crippen LogP contribution in [0.3, 0.4) is 0 Å². The molecule has 0 spiro atoms. The molecule has 0 saturated carbocycles. The van der Waals surface area contributed by atoms with Crippen molar-refractivity contribution in [1.29, 1.82) is 0 Å². The molecular weight excluding hydrogens is 358 g/mol. The van der Waals surface area contributed by atoms with Crippen LogP contribution in [0.2, 0.25) is 0 Å². The first-order chi connectivity index (χ1) is 12.7. The largest absolute Gasteiger partial charge is 0.419 e. The Labute approximate surface area is 153 Å². The second-order valence-electron chi connectivity index (χ2n) is 6.21. The molecule has 27 heavy (non-hydrogen) atoms. The van der Waals surface area contributed by atoms with Gasteiger partial charge in [-0.1, -0.05) is 18.2 Å². The molecule has 2 aromatic rings. The van der Waals surface area contributed by atoms with Crippen LogP contribution in [0.4, 0.5) is 14.5 Å². The molecule has 0 bridgehead atoms. The minimum atomic E-state index is -2.64. The molecule has 0 amide bonds. The molecule has 0 unspecified atom stereocenters. The van der Waals surface area contributed by atoms with Gasteiger partial charge in [0.15, 0.2) is 5.57 Å². The number of carbonyl (C=O) groups excluding carboxylic acids is 2. The van der Waals surface area contributed by atoms with Crippen molar-refractivity contribution in [2.75, 3.05) is 5.32 Å². The van der Waals surface area contributed by atoms with Crippen molar-refractivity contribution in [2.24, 2.45) is 0 Å². The number of carbonyl (C=O) groups is 2. The maximum atomic E-state index is 12.8. The number of cyclic esters (lactones) is 2. The smallest absolute Gasteiger partial charge is 0.350 e. The molecule has 0 aliphatic carbocycles. The van der Waals surface area contributed by atoms with Crippen LogP contribution in [-0.4, -0.2) is 22.7 Å². The van der Waals surface area contributed by atoms with Gasteiger partial charge in [0.1, 0.15) is 5.69 Å². The van der Waals surface area contributed by atoms with E-state index in [1.807, 2.05) is 0 Å². The van der Waals surface area contributed by atoms with Crippen LogP contribution >= 0.6 is 0 Å². The molecule has 1 fully saturated rings. The maximum Gasteiger partial charge on any atom is 0.350 e. The highest BCUT2D eigenvalue weighted by atomic mass is 19.3. The Bertz CT molecular complexity index is 886.